The number of anilines is 2. The molecule has 2 fully saturated rings. The van der Waals surface area contributed by atoms with Gasteiger partial charge in [-0.25, -0.2) is 38.7 Å². The van der Waals surface area contributed by atoms with E-state index >= 15 is 0 Å². The Labute approximate surface area is 856 Å². The number of nitrogens with one attached hydrogen (secondary N) is 1. The molecule has 7 aliphatic heterocycles. The zero-order valence-electron chi connectivity index (χ0n) is 84.0. The van der Waals surface area contributed by atoms with Crippen LogP contribution in [0.5, 0.6) is 0 Å². The molecule has 14 heterocycles. The maximum absolute atomic E-state index is 12.5. The molecular formula is C103H131BrClN18NaO16. The van der Waals surface area contributed by atoms with Crippen molar-refractivity contribution in [2.45, 2.75) is 254 Å². The van der Waals surface area contributed by atoms with Gasteiger partial charge in [-0.1, -0.05) is 71.7 Å². The maximum atomic E-state index is 12.5. The zero-order valence-corrected chi connectivity index (χ0v) is 88.3. The third-order valence-corrected chi connectivity index (χ3v) is 23.5. The molecule has 7 aromatic heterocycles. The zero-order chi connectivity index (χ0) is 101. The first-order chi connectivity index (χ1) is 65.7. The number of carbonyl (C=O) groups excluding carboxylic acids is 7. The third kappa shape index (κ3) is 33.6. The van der Waals surface area contributed by atoms with Crippen LogP contribution in [-0.2, 0) is 121 Å². The summed E-state index contributed by atoms with van der Waals surface area (Å²) in [5, 5.41) is 43.3. The average molecular weight is 2020 g/mol. The number of rotatable bonds is 9. The molecule has 34 nitrogen and oxygen atoms in total. The van der Waals surface area contributed by atoms with E-state index in [1.54, 1.807) is 55.1 Å². The molecule has 2 saturated heterocycles. The van der Waals surface area contributed by atoms with Gasteiger partial charge < -0.3 is 89.0 Å². The average Bonchev–Trinajstić information content (AvgIpc) is 0.784. The smallest absolute Gasteiger partial charge is 0.662 e. The van der Waals surface area contributed by atoms with E-state index in [0.717, 1.165) is 164 Å². The number of fused-ring (bicyclic) bond motifs is 7. The van der Waals surface area contributed by atoms with Crippen molar-refractivity contribution in [2.24, 2.45) is 17.6 Å². The minimum atomic E-state index is -0.510. The number of halogens is 2. The van der Waals surface area contributed by atoms with Crippen LogP contribution in [0.4, 0.5) is 35.3 Å². The fourth-order valence-corrected chi connectivity index (χ4v) is 17.1. The summed E-state index contributed by atoms with van der Waals surface area (Å²) < 4.78 is 31.7. The number of benzene rings is 2. The van der Waals surface area contributed by atoms with Crippen molar-refractivity contribution >= 4 is 104 Å². The van der Waals surface area contributed by atoms with Crippen molar-refractivity contribution in [1.82, 2.24) is 64.7 Å². The normalized spacial score (nSPS) is 16.9. The number of hydrogen-bond acceptors (Lipinski definition) is 29. The standard InChI is InChI=1S/C30H36N6O2.C16H18N4.C15H20N2O4.C14H19BrN2O2.C14H20N2O3.C13H17ClN2O2.CH2O3.Na/c1-20-14-24(19-36(17-20)27-10-8-21(15-31)28-25(27)6-5-12-32-28)33-16-23-9-7-22-18-35(13-11-26(22)34-23)29(37)38-30(2,3)4;1-11-7-13(18)10-20(9-11)15-5-4-12(8-17)16-14(15)3-2-6-19-16;1-15(2,3)21-14(19)17-8-7-11-10(9-17)5-6-12(16-11)13(18)20-4;1-14(2,3)19-13(18)17-7-6-12-10(9-17)4-5-11(8-15)16-12;1-14(2,3)19-13(18)16-7-6-12-10(8-16)4-5-11(9-17)15-12;1-13(2,3)18-12(17)16-7-6-10-9(8-16)4-5-11(14)15-10;2-1-4-3;/h5-10,12,20,24,33H,11,13-14,16-19H2,1-4H3;2-6,11,13H,7,9-10,18H2,1H3;5-6H,7-9H2,1-4H3;4-5H,6-9H2,1-3H3;4-5,17H,6-9H2,1-3H3;4-5H,6-8H2,1-3H3;1,3H;/q;;;;;;;+1/p-1/t20-,24+;11-,13+;;;;;;/m00....../s1. The Kier molecular flexibility index (Phi) is 40.6. The van der Waals surface area contributed by atoms with E-state index in [1.807, 2.05) is 165 Å². The van der Waals surface area contributed by atoms with Gasteiger partial charge in [-0.05, 0) is 235 Å². The number of nitrogens with zero attached hydrogens (tertiary/aromatic N) is 16. The summed E-state index contributed by atoms with van der Waals surface area (Å²) in [5.74, 6) is 0.660. The number of alkyl halides is 1. The van der Waals surface area contributed by atoms with Gasteiger partial charge in [-0.3, -0.25) is 29.7 Å². The van der Waals surface area contributed by atoms with E-state index in [9.17, 15) is 39.3 Å². The van der Waals surface area contributed by atoms with Crippen LogP contribution >= 0.6 is 27.5 Å². The fraction of sp³-hybridized carbons (Fsp3) is 0.495. The van der Waals surface area contributed by atoms with Crippen LogP contribution in [0.25, 0.3) is 21.8 Å². The molecular weight excluding hydrogens is 1880 g/mol. The minimum absolute atomic E-state index is 0. The number of aliphatic hydroxyl groups excluding tert-OH is 1. The SMILES string of the molecule is CC(C)(C)OC(=O)N1CCc2nc(CBr)ccc2C1.CC(C)(C)OC(=O)N1CCc2nc(CO)ccc2C1.CC(C)(C)OC(=O)N1CCc2nc(Cl)ccc2C1.COC(=O)c1ccc2c(n1)CCN(C(=O)OC(C)(C)C)C2.C[C@H]1C[C@@H](N)CN(c2ccc(C#N)c3ncccc23)C1.C[C@H]1C[C@@H](NCc2ccc3c(n2)CCN(C(=O)OC(C)(C)C)C3)CN(c2ccc(C#N)c3ncccc23)C1.O=CO[O-].[Na+]. The van der Waals surface area contributed by atoms with Crippen LogP contribution in [0.3, 0.4) is 0 Å². The predicted molar refractivity (Wildman–Crippen MR) is 528 cm³/mol. The van der Waals surface area contributed by atoms with E-state index in [4.69, 9.17) is 61.2 Å². The molecule has 4 atom stereocenters. The molecule has 5 amide bonds. The van der Waals surface area contributed by atoms with Gasteiger partial charge in [0.25, 0.3) is 6.47 Å². The van der Waals surface area contributed by atoms with Crippen molar-refractivity contribution in [2.75, 3.05) is 75.8 Å². The fourth-order valence-electron chi connectivity index (χ4n) is 16.7. The first kappa shape index (κ1) is 112. The number of amides is 5. The van der Waals surface area contributed by atoms with E-state index in [1.165, 1.54) is 7.11 Å². The summed E-state index contributed by atoms with van der Waals surface area (Å²) in [6.07, 6.45) is 7.77. The second-order valence-electron chi connectivity index (χ2n) is 40.1. The monoisotopic (exact) mass is 2010 g/mol. The maximum Gasteiger partial charge on any atom is 1.00 e. The molecule has 140 heavy (non-hydrogen) atoms. The molecule has 9 aromatic rings. The third-order valence-electron chi connectivity index (χ3n) is 22.7. The van der Waals surface area contributed by atoms with Crippen LogP contribution in [0.1, 0.15) is 226 Å². The number of ether oxygens (including phenoxy) is 6. The van der Waals surface area contributed by atoms with Crippen molar-refractivity contribution < 1.29 is 107 Å². The number of pyridine rings is 7. The Balaban J connectivity index is 0.000000191. The van der Waals surface area contributed by atoms with E-state index in [-0.39, 0.29) is 79.1 Å². The Morgan fingerprint density at radius 3 is 1.20 bits per heavy atom. The molecule has 744 valence electrons. The van der Waals surface area contributed by atoms with Gasteiger partial charge in [-0.15, -0.1) is 0 Å². The van der Waals surface area contributed by atoms with Gasteiger partial charge in [0.15, 0.2) is 0 Å². The van der Waals surface area contributed by atoms with Crippen molar-refractivity contribution in [3.8, 4) is 12.1 Å². The summed E-state index contributed by atoms with van der Waals surface area (Å²) >= 11 is 9.25. The molecule has 0 aliphatic carbocycles. The molecule has 4 N–H and O–H groups in total. The van der Waals surface area contributed by atoms with E-state index in [0.29, 0.717) is 130 Å². The van der Waals surface area contributed by atoms with Gasteiger partial charge in [0.2, 0.25) is 0 Å². The van der Waals surface area contributed by atoms with Crippen LogP contribution < -0.4 is 55.7 Å². The van der Waals surface area contributed by atoms with Gasteiger partial charge in [-0.2, -0.15) is 10.5 Å². The van der Waals surface area contributed by atoms with Gasteiger partial charge in [0, 0.05) is 178 Å². The molecule has 7 aliphatic rings. The second-order valence-corrected chi connectivity index (χ2v) is 41.1. The van der Waals surface area contributed by atoms with Crippen LogP contribution in [0.15, 0.2) is 122 Å². The number of nitriles is 2. The Hall–Kier alpha value is -11.5. The van der Waals surface area contributed by atoms with Crippen LogP contribution in [-0.4, -0.2) is 214 Å². The Bertz CT molecular complexity index is 5800. The molecule has 16 rings (SSSR count). The molecule has 37 heteroatoms. The Morgan fingerprint density at radius 1 is 0.493 bits per heavy atom. The molecule has 0 radical (unpaired) electrons. The number of esters is 1. The number of aromatic nitrogens is 7. The van der Waals surface area contributed by atoms with Gasteiger partial charge in [0.1, 0.15) is 51.0 Å². The molecule has 0 bridgehead atoms. The quantitative estimate of drug-likeness (QED) is 0.0177. The second kappa shape index (κ2) is 50.7. The molecule has 0 unspecified atom stereocenters. The number of methoxy groups -OCH3 is 1. The number of hydrogen-bond donors (Lipinski definition) is 3. The first-order valence-corrected chi connectivity index (χ1v) is 48.2. The number of carbonyl (C=O) groups is 7. The summed E-state index contributed by atoms with van der Waals surface area (Å²) in [4.78, 5) is 128. The summed E-state index contributed by atoms with van der Waals surface area (Å²) in [7, 11) is 1.33. The van der Waals surface area contributed by atoms with E-state index in [2.05, 4.69) is 127 Å². The molecule has 0 saturated carbocycles. The number of aliphatic hydroxyl groups is 1. The number of piperidine rings is 2. The van der Waals surface area contributed by atoms with Gasteiger partial charge >= 0.3 is 66.0 Å². The van der Waals surface area contributed by atoms with E-state index < -0.39 is 34.0 Å². The largest absolute Gasteiger partial charge is 1.00 e. The van der Waals surface area contributed by atoms with Crippen LogP contribution in [0, 0.1) is 34.5 Å². The molecule has 2 aromatic carbocycles. The minimum Gasteiger partial charge on any atom is -0.662 e. The van der Waals surface area contributed by atoms with Crippen LogP contribution in [0.2, 0.25) is 5.15 Å². The predicted octanol–water partition coefficient (Wildman–Crippen LogP) is 12.8. The van der Waals surface area contributed by atoms with Crippen molar-refractivity contribution in [3.05, 3.63) is 217 Å². The van der Waals surface area contributed by atoms with Crippen molar-refractivity contribution in [3.63, 3.8) is 0 Å². The first-order valence-electron chi connectivity index (χ1n) is 46.7. The summed E-state index contributed by atoms with van der Waals surface area (Å²) in [6, 6.07) is 39.8. The Morgan fingerprint density at radius 2 is 0.836 bits per heavy atom. The number of nitrogens with two attached hydrogens (primary N) is 1. The topological polar surface area (TPSA) is 426 Å². The molecule has 0 spiro atoms. The summed E-state index contributed by atoms with van der Waals surface area (Å²) in [5.41, 5.74) is 21.9. The summed E-state index contributed by atoms with van der Waals surface area (Å²) in [6.45, 7) is 42.4. The van der Waals surface area contributed by atoms with Crippen molar-refractivity contribution in [1.29, 1.82) is 10.5 Å². The van der Waals surface area contributed by atoms with Gasteiger partial charge in [0.05, 0.1) is 85.7 Å².